The van der Waals surface area contributed by atoms with Crippen molar-refractivity contribution < 1.29 is 14.4 Å². The average molecular weight is 442 g/mol. The highest BCUT2D eigenvalue weighted by molar-refractivity contribution is 6.09. The highest BCUT2D eigenvalue weighted by Gasteiger charge is 2.27. The van der Waals surface area contributed by atoms with Crippen molar-refractivity contribution in [1.82, 2.24) is 10.6 Å². The van der Waals surface area contributed by atoms with Crippen molar-refractivity contribution in [3.8, 4) is 0 Å². The fourth-order valence-electron chi connectivity index (χ4n) is 4.13. The number of hydrogen-bond acceptors (Lipinski definition) is 3. The number of amides is 3. The Labute approximate surface area is 193 Å². The summed E-state index contributed by atoms with van der Waals surface area (Å²) in [5.41, 5.74) is 3.32. The zero-order valence-corrected chi connectivity index (χ0v) is 18.3. The lowest BCUT2D eigenvalue weighted by Gasteiger charge is -2.19. The van der Waals surface area contributed by atoms with Gasteiger partial charge >= 0.3 is 0 Å². The van der Waals surface area contributed by atoms with Gasteiger partial charge in [-0.25, -0.2) is 0 Å². The van der Waals surface area contributed by atoms with Crippen LogP contribution in [-0.4, -0.2) is 30.3 Å². The summed E-state index contributed by atoms with van der Waals surface area (Å²) in [5.74, 6) is -0.589. The van der Waals surface area contributed by atoms with Gasteiger partial charge in [0.05, 0.1) is 11.3 Å². The Morgan fingerprint density at radius 2 is 1.45 bits per heavy atom. The summed E-state index contributed by atoms with van der Waals surface area (Å²) in [6, 6.07) is 26.6. The molecule has 6 heteroatoms. The molecule has 1 atom stereocenters. The monoisotopic (exact) mass is 441 g/mol. The van der Waals surface area contributed by atoms with Gasteiger partial charge in [0, 0.05) is 18.9 Å². The van der Waals surface area contributed by atoms with Crippen LogP contribution in [0.25, 0.3) is 0 Å². The maximum Gasteiger partial charge on any atom is 0.254 e. The van der Waals surface area contributed by atoms with Crippen molar-refractivity contribution in [2.75, 3.05) is 11.9 Å². The molecule has 168 valence electrons. The molecule has 0 aromatic heterocycles. The van der Waals surface area contributed by atoms with Crippen molar-refractivity contribution >= 4 is 23.4 Å². The quantitative estimate of drug-likeness (QED) is 0.496. The molecule has 3 aromatic carbocycles. The highest BCUT2D eigenvalue weighted by atomic mass is 16.2. The molecule has 0 saturated carbocycles. The van der Waals surface area contributed by atoms with Crippen molar-refractivity contribution in [2.24, 2.45) is 0 Å². The lowest BCUT2D eigenvalue weighted by molar-refractivity contribution is -0.121. The number of nitrogens with one attached hydrogen (secondary N) is 3. The summed E-state index contributed by atoms with van der Waals surface area (Å²) in [6.45, 7) is 0.516. The van der Waals surface area contributed by atoms with Crippen molar-refractivity contribution in [3.05, 3.63) is 102 Å². The fraction of sp³-hybridized carbons (Fsp3) is 0.222. The van der Waals surface area contributed by atoms with Gasteiger partial charge in [0.1, 0.15) is 6.04 Å². The molecule has 0 saturated heterocycles. The molecular formula is C27H27N3O3. The van der Waals surface area contributed by atoms with E-state index in [1.807, 2.05) is 36.4 Å². The van der Waals surface area contributed by atoms with Crippen LogP contribution >= 0.6 is 0 Å². The third kappa shape index (κ3) is 5.66. The van der Waals surface area contributed by atoms with Crippen LogP contribution in [0.5, 0.6) is 0 Å². The van der Waals surface area contributed by atoms with Crippen LogP contribution in [0, 0.1) is 0 Å². The van der Waals surface area contributed by atoms with E-state index < -0.39 is 6.04 Å². The maximum absolute atomic E-state index is 12.5. The van der Waals surface area contributed by atoms with Crippen molar-refractivity contribution in [3.63, 3.8) is 0 Å². The van der Waals surface area contributed by atoms with Crippen LogP contribution in [0.1, 0.15) is 46.7 Å². The van der Waals surface area contributed by atoms with E-state index in [-0.39, 0.29) is 36.5 Å². The Hall–Kier alpha value is -3.93. The van der Waals surface area contributed by atoms with Crippen LogP contribution in [0.2, 0.25) is 0 Å². The van der Waals surface area contributed by atoms with Gasteiger partial charge in [0.2, 0.25) is 11.8 Å². The van der Waals surface area contributed by atoms with Gasteiger partial charge in [-0.2, -0.15) is 0 Å². The van der Waals surface area contributed by atoms with Crippen molar-refractivity contribution in [2.45, 2.75) is 31.2 Å². The van der Waals surface area contributed by atoms with Crippen LogP contribution < -0.4 is 16.0 Å². The molecule has 33 heavy (non-hydrogen) atoms. The van der Waals surface area contributed by atoms with Gasteiger partial charge in [0.15, 0.2) is 0 Å². The third-order valence-corrected chi connectivity index (χ3v) is 5.87. The first-order chi connectivity index (χ1) is 16.1. The largest absolute Gasteiger partial charge is 0.356 e. The summed E-state index contributed by atoms with van der Waals surface area (Å²) >= 11 is 0. The molecule has 0 radical (unpaired) electrons. The topological polar surface area (TPSA) is 87.3 Å². The van der Waals surface area contributed by atoms with Gasteiger partial charge < -0.3 is 16.0 Å². The summed E-state index contributed by atoms with van der Waals surface area (Å²) in [6.07, 6.45) is 1.14. The first-order valence-corrected chi connectivity index (χ1v) is 11.2. The van der Waals surface area contributed by atoms with Crippen LogP contribution in [0.4, 0.5) is 5.69 Å². The molecule has 0 spiro atoms. The maximum atomic E-state index is 12.5. The number of rotatable bonds is 8. The van der Waals surface area contributed by atoms with Crippen molar-refractivity contribution in [1.29, 1.82) is 0 Å². The Morgan fingerprint density at radius 3 is 2.12 bits per heavy atom. The molecule has 1 aliphatic heterocycles. The molecule has 4 rings (SSSR count). The second kappa shape index (κ2) is 10.6. The number of benzene rings is 3. The lowest BCUT2D eigenvalue weighted by atomic mass is 9.88. The second-order valence-electron chi connectivity index (χ2n) is 8.11. The molecule has 3 amide bonds. The summed E-state index contributed by atoms with van der Waals surface area (Å²) in [4.78, 5) is 37.4. The zero-order chi connectivity index (χ0) is 23.0. The van der Waals surface area contributed by atoms with E-state index in [9.17, 15) is 14.4 Å². The number of carbonyl (C=O) groups excluding carboxylic acids is 3. The van der Waals surface area contributed by atoms with E-state index in [2.05, 4.69) is 40.2 Å². The Bertz CT molecular complexity index is 1080. The molecule has 1 unspecified atom stereocenters. The van der Waals surface area contributed by atoms with Gasteiger partial charge in [-0.05, 0) is 36.1 Å². The molecule has 1 heterocycles. The number of fused-ring (bicyclic) bond motifs is 1. The van der Waals surface area contributed by atoms with Gasteiger partial charge in [-0.1, -0.05) is 72.8 Å². The summed E-state index contributed by atoms with van der Waals surface area (Å²) in [5, 5.41) is 8.46. The van der Waals surface area contributed by atoms with E-state index in [0.29, 0.717) is 17.8 Å². The first-order valence-electron chi connectivity index (χ1n) is 11.2. The Balaban J connectivity index is 1.30. The van der Waals surface area contributed by atoms with E-state index >= 15 is 0 Å². The minimum atomic E-state index is -0.753. The smallest absolute Gasteiger partial charge is 0.254 e. The molecule has 0 fully saturated rings. The SMILES string of the molecule is O=C(CCC1NC(=O)c2ccccc2NC1=O)NCCC(c1ccccc1)c1ccccc1. The third-order valence-electron chi connectivity index (χ3n) is 5.87. The molecule has 1 aliphatic rings. The van der Waals surface area contributed by atoms with E-state index in [1.54, 1.807) is 24.3 Å². The van der Waals surface area contributed by atoms with Crippen LogP contribution in [0.15, 0.2) is 84.9 Å². The zero-order valence-electron chi connectivity index (χ0n) is 18.3. The standard InChI is InChI=1S/C27H27N3O3/c31-25(16-15-24-27(33)29-23-14-8-7-13-22(23)26(32)30-24)28-18-17-21(19-9-3-1-4-10-19)20-11-5-2-6-12-20/h1-14,21,24H,15-18H2,(H,28,31)(H,29,33)(H,30,32). The van der Waals surface area contributed by atoms with Gasteiger partial charge in [0.25, 0.3) is 5.91 Å². The number of anilines is 1. The minimum absolute atomic E-state index is 0.140. The predicted octanol–water partition coefficient (Wildman–Crippen LogP) is 3.86. The van der Waals surface area contributed by atoms with Crippen LogP contribution in [0.3, 0.4) is 0 Å². The van der Waals surface area contributed by atoms with E-state index in [0.717, 1.165) is 6.42 Å². The van der Waals surface area contributed by atoms with Gasteiger partial charge in [-0.3, -0.25) is 14.4 Å². The van der Waals surface area contributed by atoms with E-state index in [1.165, 1.54) is 11.1 Å². The van der Waals surface area contributed by atoms with E-state index in [4.69, 9.17) is 0 Å². The number of hydrogen-bond donors (Lipinski definition) is 3. The van der Waals surface area contributed by atoms with Gasteiger partial charge in [-0.15, -0.1) is 0 Å². The number of para-hydroxylation sites is 1. The lowest BCUT2D eigenvalue weighted by Crippen LogP contribution is -2.42. The molecule has 3 aromatic rings. The normalized spacial score (nSPS) is 15.2. The summed E-state index contributed by atoms with van der Waals surface area (Å²) in [7, 11) is 0. The molecule has 0 aliphatic carbocycles. The second-order valence-corrected chi connectivity index (χ2v) is 8.11. The predicted molar refractivity (Wildman–Crippen MR) is 128 cm³/mol. The molecule has 3 N–H and O–H groups in total. The first kappa shape index (κ1) is 22.3. The highest BCUT2D eigenvalue weighted by Crippen LogP contribution is 2.27. The average Bonchev–Trinajstić information content (AvgIpc) is 2.97. The molecule has 0 bridgehead atoms. The molecular weight excluding hydrogens is 414 g/mol. The fourth-order valence-corrected chi connectivity index (χ4v) is 4.13. The summed E-state index contributed by atoms with van der Waals surface area (Å²) < 4.78 is 0. The Morgan fingerprint density at radius 1 is 0.848 bits per heavy atom. The number of carbonyl (C=O) groups is 3. The molecule has 6 nitrogen and oxygen atoms in total. The minimum Gasteiger partial charge on any atom is -0.356 e. The van der Waals surface area contributed by atoms with Crippen LogP contribution in [-0.2, 0) is 9.59 Å². The Kier molecular flexibility index (Phi) is 7.15.